The molecule has 0 rings (SSSR count). The molecule has 0 aromatic carbocycles. The van der Waals surface area contributed by atoms with E-state index in [1.165, 1.54) is 0 Å². The third kappa shape index (κ3) is 22.3. The first kappa shape index (κ1) is 35.6. The number of amidine groups is 1. The van der Waals surface area contributed by atoms with E-state index >= 15 is 0 Å². The van der Waals surface area contributed by atoms with Crippen LogP contribution in [0.5, 0.6) is 0 Å². The Kier molecular flexibility index (Phi) is 14.4. The molecule has 12 nitrogen and oxygen atoms in total. The molecule has 3 N–H and O–H groups in total. The third-order valence-corrected chi connectivity index (χ3v) is 4.22. The Bertz CT molecular complexity index is 922. The van der Waals surface area contributed by atoms with Crippen LogP contribution in [0.2, 0.25) is 0 Å². The van der Waals surface area contributed by atoms with Crippen molar-refractivity contribution < 1.29 is 38.2 Å². The number of Topliss-reactive ketones (excluding diaryl/α,β-unsaturated/α-hetero) is 2. The van der Waals surface area contributed by atoms with Gasteiger partial charge in [-0.1, -0.05) is 6.58 Å². The van der Waals surface area contributed by atoms with E-state index in [2.05, 4.69) is 27.5 Å². The zero-order valence-corrected chi connectivity index (χ0v) is 24.9. The highest BCUT2D eigenvalue weighted by Gasteiger charge is 2.21. The van der Waals surface area contributed by atoms with Gasteiger partial charge in [0.05, 0.1) is 6.54 Å². The Labute approximate surface area is 231 Å². The van der Waals surface area contributed by atoms with Crippen molar-refractivity contribution in [2.45, 2.75) is 118 Å². The number of carbonyl (C=O) groups excluding carboxylic acids is 5. The van der Waals surface area contributed by atoms with Gasteiger partial charge in [0.25, 0.3) is 0 Å². The molecule has 0 aromatic rings. The third-order valence-electron chi connectivity index (χ3n) is 4.22. The molecule has 0 aliphatic heterocycles. The lowest BCUT2D eigenvalue weighted by Gasteiger charge is -2.20. The van der Waals surface area contributed by atoms with Crippen LogP contribution in [0, 0.1) is 0 Å². The van der Waals surface area contributed by atoms with Gasteiger partial charge in [-0.05, 0) is 75.2 Å². The van der Waals surface area contributed by atoms with Crippen LogP contribution in [-0.2, 0) is 23.8 Å². The summed E-state index contributed by atoms with van der Waals surface area (Å²) in [5.41, 5.74) is -2.19. The number of rotatable bonds is 12. The van der Waals surface area contributed by atoms with E-state index < -0.39 is 35.1 Å². The first-order valence-corrected chi connectivity index (χ1v) is 12.9. The van der Waals surface area contributed by atoms with Gasteiger partial charge in [-0.2, -0.15) is 4.99 Å². The highest BCUT2D eigenvalue weighted by atomic mass is 16.6. The molecule has 0 aliphatic rings. The summed E-state index contributed by atoms with van der Waals surface area (Å²) in [6.45, 7) is 18.9. The zero-order chi connectivity index (χ0) is 30.4. The lowest BCUT2D eigenvalue weighted by Crippen LogP contribution is -2.37. The van der Waals surface area contributed by atoms with Crippen molar-refractivity contribution in [2.24, 2.45) is 4.99 Å². The summed E-state index contributed by atoms with van der Waals surface area (Å²) in [5.74, 6) is -0.105. The first-order valence-electron chi connectivity index (χ1n) is 12.9. The highest BCUT2D eigenvalue weighted by molar-refractivity contribution is 6.01. The Balaban J connectivity index is 4.57. The van der Waals surface area contributed by atoms with Crippen molar-refractivity contribution in [1.29, 1.82) is 0 Å². The predicted molar refractivity (Wildman–Crippen MR) is 147 cm³/mol. The van der Waals surface area contributed by atoms with Crippen LogP contribution in [0.4, 0.5) is 14.4 Å². The second-order valence-corrected chi connectivity index (χ2v) is 11.9. The van der Waals surface area contributed by atoms with Gasteiger partial charge in [-0.25, -0.2) is 14.4 Å². The van der Waals surface area contributed by atoms with Gasteiger partial charge in [0.15, 0.2) is 5.78 Å². The van der Waals surface area contributed by atoms with E-state index in [4.69, 9.17) is 14.2 Å². The summed E-state index contributed by atoms with van der Waals surface area (Å²) in [7, 11) is 0. The van der Waals surface area contributed by atoms with Crippen LogP contribution in [0.1, 0.15) is 101 Å². The van der Waals surface area contributed by atoms with Crippen molar-refractivity contribution in [2.75, 3.05) is 6.54 Å². The second-order valence-electron chi connectivity index (χ2n) is 11.9. The summed E-state index contributed by atoms with van der Waals surface area (Å²) >= 11 is 0. The largest absolute Gasteiger partial charge is 0.444 e. The van der Waals surface area contributed by atoms with Gasteiger partial charge in [0.2, 0.25) is 0 Å². The van der Waals surface area contributed by atoms with Crippen LogP contribution in [0.3, 0.4) is 0 Å². The Morgan fingerprint density at radius 2 is 1.10 bits per heavy atom. The summed E-state index contributed by atoms with van der Waals surface area (Å²) in [4.78, 5) is 64.2. The smallest absolute Gasteiger partial charge is 0.435 e. The molecule has 39 heavy (non-hydrogen) atoms. The first-order chi connectivity index (χ1) is 17.6. The minimum absolute atomic E-state index is 0.00687. The predicted octanol–water partition coefficient (Wildman–Crippen LogP) is 4.91. The number of nitrogens with one attached hydrogen (secondary N) is 3. The number of amides is 3. The monoisotopic (exact) mass is 554 g/mol. The Morgan fingerprint density at radius 1 is 0.641 bits per heavy atom. The standard InChI is InChI=1S/C27H46N4O8/c1-18(29-22(34)37-25(2,3)4)28-17-20(33)14-12-11-13-19(32)15-16-21(30-23(35)38-26(5,6)7)31-24(36)39-27(8,9)10/h28H,1,11-17H2,2-10H3,(H,29,34)(H,30,31,35,36). The summed E-state index contributed by atoms with van der Waals surface area (Å²) in [6.07, 6.45) is -0.883. The fraction of sp³-hybridized carbons (Fsp3) is 0.704. The number of carbonyl (C=O) groups is 5. The van der Waals surface area contributed by atoms with Gasteiger partial charge in [-0.3, -0.25) is 20.2 Å². The summed E-state index contributed by atoms with van der Waals surface area (Å²) in [6, 6.07) is 0. The topological polar surface area (TPSA) is 161 Å². The summed E-state index contributed by atoms with van der Waals surface area (Å²) in [5, 5.41) is 7.54. The molecule has 0 spiro atoms. The lowest BCUT2D eigenvalue weighted by atomic mass is 10.1. The maximum atomic E-state index is 12.4. The summed E-state index contributed by atoms with van der Waals surface area (Å²) < 4.78 is 15.5. The quantitative estimate of drug-likeness (QED) is 0.132. The normalized spacial score (nSPS) is 12.2. The highest BCUT2D eigenvalue weighted by Crippen LogP contribution is 2.11. The van der Waals surface area contributed by atoms with Gasteiger partial charge in [0, 0.05) is 25.7 Å². The Hall–Kier alpha value is -3.44. The SMILES string of the molecule is C=C(NCC(=O)CCCCC(=O)CCC(=NC(=O)OC(C)(C)C)NC(=O)OC(C)(C)C)NC(=O)OC(C)(C)C. The van der Waals surface area contributed by atoms with Gasteiger partial charge in [0.1, 0.15) is 34.2 Å². The molecule has 0 aliphatic carbocycles. The number of hydrogen-bond donors (Lipinski definition) is 3. The molecule has 0 unspecified atom stereocenters. The molecule has 0 atom stereocenters. The van der Waals surface area contributed by atoms with Crippen LogP contribution >= 0.6 is 0 Å². The number of aliphatic imine (C=N–C) groups is 1. The zero-order valence-electron chi connectivity index (χ0n) is 24.9. The number of hydrogen-bond acceptors (Lipinski definition) is 9. The number of alkyl carbamates (subject to hydrolysis) is 2. The molecule has 0 heterocycles. The molecular weight excluding hydrogens is 508 g/mol. The minimum atomic E-state index is -0.892. The van der Waals surface area contributed by atoms with Crippen LogP contribution in [0.15, 0.2) is 17.4 Å². The van der Waals surface area contributed by atoms with Crippen molar-refractivity contribution >= 4 is 35.7 Å². The van der Waals surface area contributed by atoms with E-state index in [1.807, 2.05) is 0 Å². The van der Waals surface area contributed by atoms with E-state index in [9.17, 15) is 24.0 Å². The molecule has 0 radical (unpaired) electrons. The molecule has 0 bridgehead atoms. The molecule has 12 heteroatoms. The Morgan fingerprint density at radius 3 is 1.59 bits per heavy atom. The fourth-order valence-electron chi connectivity index (χ4n) is 2.75. The van der Waals surface area contributed by atoms with E-state index in [1.54, 1.807) is 62.3 Å². The molecule has 0 saturated heterocycles. The molecule has 3 amide bonds. The van der Waals surface area contributed by atoms with Crippen molar-refractivity contribution in [3.8, 4) is 0 Å². The van der Waals surface area contributed by atoms with Crippen LogP contribution in [0.25, 0.3) is 0 Å². The molecule has 0 saturated carbocycles. The van der Waals surface area contributed by atoms with Crippen molar-refractivity contribution in [3.63, 3.8) is 0 Å². The fourth-order valence-corrected chi connectivity index (χ4v) is 2.75. The van der Waals surface area contributed by atoms with Crippen LogP contribution < -0.4 is 16.0 Å². The maximum absolute atomic E-state index is 12.4. The molecule has 0 fully saturated rings. The number of ether oxygens (including phenoxy) is 3. The molecule has 0 aromatic heterocycles. The van der Waals surface area contributed by atoms with Gasteiger partial charge in [-0.15, -0.1) is 0 Å². The van der Waals surface area contributed by atoms with Crippen molar-refractivity contribution in [1.82, 2.24) is 16.0 Å². The van der Waals surface area contributed by atoms with Crippen LogP contribution in [-0.4, -0.2) is 59.0 Å². The van der Waals surface area contributed by atoms with E-state index in [-0.39, 0.29) is 55.5 Å². The molecular formula is C27H46N4O8. The average Bonchev–Trinajstić information content (AvgIpc) is 2.69. The number of ketones is 2. The van der Waals surface area contributed by atoms with E-state index in [0.717, 1.165) is 0 Å². The number of unbranched alkanes of at least 4 members (excludes halogenated alkanes) is 1. The lowest BCUT2D eigenvalue weighted by molar-refractivity contribution is -0.120. The average molecular weight is 555 g/mol. The second kappa shape index (κ2) is 15.8. The van der Waals surface area contributed by atoms with Crippen molar-refractivity contribution in [3.05, 3.63) is 12.4 Å². The maximum Gasteiger partial charge on any atom is 0.435 e. The van der Waals surface area contributed by atoms with Gasteiger partial charge < -0.3 is 19.5 Å². The van der Waals surface area contributed by atoms with Gasteiger partial charge >= 0.3 is 18.3 Å². The minimum Gasteiger partial charge on any atom is -0.444 e. The van der Waals surface area contributed by atoms with E-state index in [0.29, 0.717) is 12.8 Å². The number of nitrogens with zero attached hydrogens (tertiary/aromatic N) is 1. The molecule has 222 valence electrons.